The van der Waals surface area contributed by atoms with Gasteiger partial charge in [-0.2, -0.15) is 0 Å². The molecule has 0 radical (unpaired) electrons. The fourth-order valence-electron chi connectivity index (χ4n) is 3.14. The molecule has 0 amide bonds. The molecular weight excluding hydrogens is 335 g/mol. The van der Waals surface area contributed by atoms with Crippen molar-refractivity contribution in [1.82, 2.24) is 4.67 Å². The van der Waals surface area contributed by atoms with Crippen molar-refractivity contribution in [3.05, 3.63) is 60.7 Å². The predicted molar refractivity (Wildman–Crippen MR) is 100.0 cm³/mol. The van der Waals surface area contributed by atoms with Crippen molar-refractivity contribution in [2.24, 2.45) is 4.99 Å². The van der Waals surface area contributed by atoms with Gasteiger partial charge < -0.3 is 4.74 Å². The Labute approximate surface area is 147 Å². The topological polar surface area (TPSA) is 59.0 Å². The van der Waals surface area contributed by atoms with E-state index >= 15 is 0 Å². The van der Waals surface area contributed by atoms with Crippen LogP contribution in [0.2, 0.25) is 0 Å². The van der Waals surface area contributed by atoms with Crippen LogP contribution in [0.25, 0.3) is 0 Å². The standard InChI is InChI=1S/C19H21N2O3P/c1-19(2)17(18(22)24-3)20-14-21(19)25(23,15-10-6-4-7-11-15)16-12-8-5-9-13-16/h4-14,17H,1-3H3/t17-/m0/s1. The lowest BCUT2D eigenvalue weighted by molar-refractivity contribution is -0.143. The van der Waals surface area contributed by atoms with Crippen LogP contribution in [0.4, 0.5) is 0 Å². The number of carbonyl (C=O) groups excluding carboxylic acids is 1. The molecule has 6 heteroatoms. The summed E-state index contributed by atoms with van der Waals surface area (Å²) in [5, 5.41) is 1.40. The summed E-state index contributed by atoms with van der Waals surface area (Å²) in [5.41, 5.74) is -0.783. The van der Waals surface area contributed by atoms with E-state index in [0.717, 1.165) is 0 Å². The Balaban J connectivity index is 2.17. The summed E-state index contributed by atoms with van der Waals surface area (Å²) in [4.78, 5) is 16.4. The molecule has 1 aliphatic rings. The van der Waals surface area contributed by atoms with Gasteiger partial charge in [0.15, 0.2) is 6.04 Å². The van der Waals surface area contributed by atoms with Gasteiger partial charge in [0.2, 0.25) is 7.29 Å². The largest absolute Gasteiger partial charge is 0.467 e. The lowest BCUT2D eigenvalue weighted by Crippen LogP contribution is -2.50. The quantitative estimate of drug-likeness (QED) is 0.624. The number of benzene rings is 2. The van der Waals surface area contributed by atoms with Gasteiger partial charge in [0, 0.05) is 10.6 Å². The van der Waals surface area contributed by atoms with Crippen LogP contribution in [-0.2, 0) is 14.1 Å². The molecule has 130 valence electrons. The Morgan fingerprint density at radius 2 is 1.52 bits per heavy atom. The zero-order chi connectivity index (χ0) is 18.1. The molecule has 0 aliphatic carbocycles. The lowest BCUT2D eigenvalue weighted by Gasteiger charge is -2.40. The van der Waals surface area contributed by atoms with Gasteiger partial charge in [0.1, 0.15) is 0 Å². The summed E-state index contributed by atoms with van der Waals surface area (Å²) in [6.07, 6.45) is 1.53. The molecule has 0 aromatic heterocycles. The van der Waals surface area contributed by atoms with E-state index in [9.17, 15) is 9.36 Å². The molecule has 2 aromatic carbocycles. The first-order chi connectivity index (χ1) is 11.9. The third kappa shape index (κ3) is 2.79. The first kappa shape index (κ1) is 17.4. The number of methoxy groups -OCH3 is 1. The SMILES string of the molecule is COC(=O)[C@@H]1N=CN(P(=O)(c2ccccc2)c2ccccc2)C1(C)C. The summed E-state index contributed by atoms with van der Waals surface area (Å²) < 4.78 is 21.0. The smallest absolute Gasteiger partial charge is 0.333 e. The molecule has 5 nitrogen and oxygen atoms in total. The molecule has 1 aliphatic heterocycles. The number of hydrogen-bond acceptors (Lipinski definition) is 4. The number of esters is 1. The van der Waals surface area contributed by atoms with Crippen LogP contribution in [0.15, 0.2) is 65.7 Å². The highest BCUT2D eigenvalue weighted by Gasteiger charge is 2.51. The van der Waals surface area contributed by atoms with Crippen molar-refractivity contribution in [2.75, 3.05) is 7.11 Å². The first-order valence-electron chi connectivity index (χ1n) is 8.04. The third-order valence-corrected chi connectivity index (χ3v) is 7.75. The number of carbonyl (C=O) groups is 1. The second-order valence-corrected chi connectivity index (χ2v) is 9.05. The van der Waals surface area contributed by atoms with E-state index in [1.54, 1.807) is 4.67 Å². The Morgan fingerprint density at radius 3 is 1.96 bits per heavy atom. The first-order valence-corrected chi connectivity index (χ1v) is 9.70. The average molecular weight is 356 g/mol. The van der Waals surface area contributed by atoms with Gasteiger partial charge in [0.05, 0.1) is 19.0 Å². The highest BCUT2D eigenvalue weighted by atomic mass is 31.2. The van der Waals surface area contributed by atoms with Gasteiger partial charge in [-0.15, -0.1) is 0 Å². The summed E-state index contributed by atoms with van der Waals surface area (Å²) in [5.74, 6) is -0.434. The van der Waals surface area contributed by atoms with E-state index in [4.69, 9.17) is 4.74 Å². The van der Waals surface area contributed by atoms with Gasteiger partial charge in [0.25, 0.3) is 0 Å². The average Bonchev–Trinajstić information content (AvgIpc) is 2.97. The number of hydrogen-bond donors (Lipinski definition) is 0. The molecule has 0 unspecified atom stereocenters. The zero-order valence-electron chi connectivity index (χ0n) is 14.5. The molecule has 3 rings (SSSR count). The fourth-order valence-corrected chi connectivity index (χ4v) is 6.13. The second-order valence-electron chi connectivity index (χ2n) is 6.44. The van der Waals surface area contributed by atoms with Crippen LogP contribution in [0.1, 0.15) is 13.8 Å². The van der Waals surface area contributed by atoms with E-state index < -0.39 is 24.8 Å². The summed E-state index contributed by atoms with van der Waals surface area (Å²) in [6, 6.07) is 17.9. The van der Waals surface area contributed by atoms with Crippen molar-refractivity contribution in [3.8, 4) is 0 Å². The van der Waals surface area contributed by atoms with Crippen molar-refractivity contribution < 1.29 is 14.1 Å². The maximum absolute atomic E-state index is 14.4. The van der Waals surface area contributed by atoms with Crippen LogP contribution in [0, 0.1) is 0 Å². The van der Waals surface area contributed by atoms with Crippen LogP contribution in [0.5, 0.6) is 0 Å². The van der Waals surface area contributed by atoms with Crippen LogP contribution in [0.3, 0.4) is 0 Å². The molecule has 0 saturated heterocycles. The monoisotopic (exact) mass is 356 g/mol. The van der Waals surface area contributed by atoms with Gasteiger partial charge in [-0.25, -0.2) is 4.79 Å². The number of ether oxygens (including phenoxy) is 1. The molecule has 2 aromatic rings. The van der Waals surface area contributed by atoms with Gasteiger partial charge in [-0.1, -0.05) is 36.4 Å². The fraction of sp³-hybridized carbons (Fsp3) is 0.263. The molecule has 0 saturated carbocycles. The van der Waals surface area contributed by atoms with Gasteiger partial charge in [-0.05, 0) is 38.1 Å². The molecule has 25 heavy (non-hydrogen) atoms. The lowest BCUT2D eigenvalue weighted by atomic mass is 9.97. The minimum Gasteiger partial charge on any atom is -0.467 e. The molecule has 0 N–H and O–H groups in total. The summed E-state index contributed by atoms with van der Waals surface area (Å²) in [7, 11) is -1.87. The Hall–Kier alpha value is -2.39. The van der Waals surface area contributed by atoms with E-state index in [-0.39, 0.29) is 0 Å². The molecule has 1 heterocycles. The van der Waals surface area contributed by atoms with E-state index in [0.29, 0.717) is 10.6 Å². The van der Waals surface area contributed by atoms with E-state index in [1.165, 1.54) is 13.4 Å². The minimum atomic E-state index is -3.20. The summed E-state index contributed by atoms with van der Waals surface area (Å²) >= 11 is 0. The predicted octanol–water partition coefficient (Wildman–Crippen LogP) is 2.58. The Kier molecular flexibility index (Phi) is 4.53. The maximum Gasteiger partial charge on any atom is 0.333 e. The molecule has 1 atom stereocenters. The van der Waals surface area contributed by atoms with Crippen LogP contribution >= 0.6 is 7.29 Å². The van der Waals surface area contributed by atoms with Crippen molar-refractivity contribution in [3.63, 3.8) is 0 Å². The zero-order valence-corrected chi connectivity index (χ0v) is 15.4. The van der Waals surface area contributed by atoms with E-state index in [1.807, 2.05) is 74.5 Å². The molecular formula is C19H21N2O3P. The highest BCUT2D eigenvalue weighted by Crippen LogP contribution is 2.53. The van der Waals surface area contributed by atoms with Gasteiger partial charge >= 0.3 is 5.97 Å². The minimum absolute atomic E-state index is 0.434. The van der Waals surface area contributed by atoms with Crippen LogP contribution in [-0.4, -0.2) is 35.7 Å². The van der Waals surface area contributed by atoms with Crippen molar-refractivity contribution in [2.45, 2.75) is 25.4 Å². The maximum atomic E-state index is 14.4. The van der Waals surface area contributed by atoms with Crippen molar-refractivity contribution in [1.29, 1.82) is 0 Å². The molecule has 0 fully saturated rings. The highest BCUT2D eigenvalue weighted by molar-refractivity contribution is 7.77. The van der Waals surface area contributed by atoms with Gasteiger partial charge in [-0.3, -0.25) is 14.2 Å². The normalized spacial score (nSPS) is 19.0. The third-order valence-electron chi connectivity index (χ3n) is 4.52. The number of rotatable bonds is 4. The Bertz CT molecular complexity index is 791. The molecule has 0 bridgehead atoms. The van der Waals surface area contributed by atoms with Crippen molar-refractivity contribution >= 4 is 30.2 Å². The van der Waals surface area contributed by atoms with E-state index in [2.05, 4.69) is 4.99 Å². The summed E-state index contributed by atoms with van der Waals surface area (Å²) in [6.45, 7) is 3.72. The van der Waals surface area contributed by atoms with Crippen LogP contribution < -0.4 is 10.6 Å². The number of aliphatic imine (C=N–C) groups is 1. The Morgan fingerprint density at radius 1 is 1.04 bits per heavy atom. The second kappa shape index (κ2) is 6.49. The molecule has 0 spiro atoms. The number of nitrogens with zero attached hydrogens (tertiary/aromatic N) is 2.